The zero-order chi connectivity index (χ0) is 24.4. The van der Waals surface area contributed by atoms with E-state index in [0.29, 0.717) is 6.42 Å². The van der Waals surface area contributed by atoms with E-state index in [2.05, 4.69) is 10.3 Å². The average molecular weight is 468 g/mol. The molecule has 0 aliphatic rings. The minimum atomic E-state index is -3.75. The van der Waals surface area contributed by atoms with Crippen molar-refractivity contribution in [1.29, 1.82) is 0 Å². The zero-order valence-electron chi connectivity index (χ0n) is 19.6. The Kier molecular flexibility index (Phi) is 11.0. The van der Waals surface area contributed by atoms with Gasteiger partial charge in [0.25, 0.3) is 0 Å². The van der Waals surface area contributed by atoms with Gasteiger partial charge in [-0.05, 0) is 45.1 Å². The van der Waals surface area contributed by atoms with Crippen LogP contribution in [0.1, 0.15) is 53.0 Å². The molecule has 0 unspecified atom stereocenters. The lowest BCUT2D eigenvalue weighted by molar-refractivity contribution is -0.164. The Morgan fingerprint density at radius 2 is 1.75 bits per heavy atom. The summed E-state index contributed by atoms with van der Waals surface area (Å²) in [6, 6.07) is 9.60. The van der Waals surface area contributed by atoms with Gasteiger partial charge in [0, 0.05) is 6.54 Å². The molecule has 2 atom stereocenters. The van der Waals surface area contributed by atoms with Crippen molar-refractivity contribution in [3.05, 3.63) is 42.0 Å². The van der Waals surface area contributed by atoms with Crippen molar-refractivity contribution in [3.63, 3.8) is 0 Å². The van der Waals surface area contributed by atoms with Gasteiger partial charge in [-0.25, -0.2) is 8.42 Å². The Balaban J connectivity index is 3.14. The molecule has 0 aromatic heterocycles. The molecule has 0 aliphatic carbocycles. The van der Waals surface area contributed by atoms with Gasteiger partial charge in [0.05, 0.1) is 17.6 Å². The van der Waals surface area contributed by atoms with Gasteiger partial charge in [-0.3, -0.25) is 15.0 Å². The topological polar surface area (TPSA) is 128 Å². The van der Waals surface area contributed by atoms with Crippen molar-refractivity contribution < 1.29 is 22.7 Å². The van der Waals surface area contributed by atoms with E-state index in [1.54, 1.807) is 20.8 Å². The molecule has 1 aromatic rings. The molecule has 0 saturated heterocycles. The first-order valence-corrected chi connectivity index (χ1v) is 12.4. The van der Waals surface area contributed by atoms with Crippen LogP contribution < -0.4 is 16.0 Å². The van der Waals surface area contributed by atoms with Gasteiger partial charge in [0.1, 0.15) is 5.60 Å². The summed E-state index contributed by atoms with van der Waals surface area (Å²) < 4.78 is 29.4. The number of hydrogen-bond acceptors (Lipinski definition) is 6. The molecule has 1 rings (SSSR count). The number of sulfonamides is 1. The standard InChI is InChI=1S/C23H37N3O5S/c1-17(2)16-20(21(27)25-26-32(29,30)15-14-24)19(22(28)31-23(3,4)5)13-9-12-18-10-7-6-8-11-18/h6-12,17,19-20,26H,13-16,24H2,1-5H3,(H,25,27)/t19-,20-/m0/s1. The van der Waals surface area contributed by atoms with E-state index in [9.17, 15) is 18.0 Å². The third-order valence-electron chi connectivity index (χ3n) is 4.47. The summed E-state index contributed by atoms with van der Waals surface area (Å²) >= 11 is 0. The molecule has 180 valence electrons. The minimum absolute atomic E-state index is 0.0779. The first kappa shape index (κ1) is 27.8. The number of carbonyl (C=O) groups excluding carboxylic acids is 2. The molecule has 1 aromatic carbocycles. The normalized spacial score (nSPS) is 14.3. The number of rotatable bonds is 12. The van der Waals surface area contributed by atoms with Crippen molar-refractivity contribution in [2.24, 2.45) is 23.5 Å². The summed E-state index contributed by atoms with van der Waals surface area (Å²) in [6.45, 7) is 9.09. The van der Waals surface area contributed by atoms with Crippen molar-refractivity contribution in [1.82, 2.24) is 10.3 Å². The second-order valence-electron chi connectivity index (χ2n) is 9.12. The third-order valence-corrected chi connectivity index (χ3v) is 5.66. The van der Waals surface area contributed by atoms with Crippen molar-refractivity contribution in [3.8, 4) is 0 Å². The van der Waals surface area contributed by atoms with E-state index in [1.807, 2.05) is 56.3 Å². The third kappa shape index (κ3) is 10.9. The number of carbonyl (C=O) groups is 2. The van der Waals surface area contributed by atoms with Gasteiger partial charge >= 0.3 is 5.97 Å². The zero-order valence-corrected chi connectivity index (χ0v) is 20.4. The maximum absolute atomic E-state index is 13.0. The quantitative estimate of drug-likeness (QED) is 0.320. The summed E-state index contributed by atoms with van der Waals surface area (Å²) in [5.74, 6) is -2.88. The number of hydrazine groups is 1. The molecule has 0 heterocycles. The van der Waals surface area contributed by atoms with Crippen molar-refractivity contribution in [2.45, 2.75) is 53.1 Å². The maximum Gasteiger partial charge on any atom is 0.310 e. The fourth-order valence-corrected chi connectivity index (χ4v) is 3.77. The van der Waals surface area contributed by atoms with Crippen LogP contribution in [0.15, 0.2) is 36.4 Å². The van der Waals surface area contributed by atoms with Crippen LogP contribution in [-0.2, 0) is 24.3 Å². The molecule has 0 saturated carbocycles. The van der Waals surface area contributed by atoms with E-state index in [1.165, 1.54) is 0 Å². The largest absolute Gasteiger partial charge is 0.460 e. The van der Waals surface area contributed by atoms with Crippen LogP contribution in [0.5, 0.6) is 0 Å². The summed E-state index contributed by atoms with van der Waals surface area (Å²) in [5.41, 5.74) is 7.80. The summed E-state index contributed by atoms with van der Waals surface area (Å²) in [5, 5.41) is 0. The summed E-state index contributed by atoms with van der Waals surface area (Å²) in [7, 11) is -3.75. The molecule has 8 nitrogen and oxygen atoms in total. The van der Waals surface area contributed by atoms with E-state index in [0.717, 1.165) is 5.56 Å². The highest BCUT2D eigenvalue weighted by atomic mass is 32.2. The van der Waals surface area contributed by atoms with E-state index < -0.39 is 39.3 Å². The fraction of sp³-hybridized carbons (Fsp3) is 0.565. The first-order chi connectivity index (χ1) is 14.8. The highest BCUT2D eigenvalue weighted by molar-refractivity contribution is 7.89. The minimum Gasteiger partial charge on any atom is -0.460 e. The van der Waals surface area contributed by atoms with E-state index in [-0.39, 0.29) is 24.6 Å². The summed E-state index contributed by atoms with van der Waals surface area (Å²) in [4.78, 5) is 28.1. The van der Waals surface area contributed by atoms with E-state index >= 15 is 0 Å². The van der Waals surface area contributed by atoms with Crippen molar-refractivity contribution in [2.75, 3.05) is 12.3 Å². The average Bonchev–Trinajstić information content (AvgIpc) is 2.67. The molecule has 32 heavy (non-hydrogen) atoms. The highest BCUT2D eigenvalue weighted by Crippen LogP contribution is 2.28. The molecular formula is C23H37N3O5S. The first-order valence-electron chi connectivity index (χ1n) is 10.8. The lowest BCUT2D eigenvalue weighted by atomic mass is 9.82. The molecule has 4 N–H and O–H groups in total. The predicted molar refractivity (Wildman–Crippen MR) is 126 cm³/mol. The fourth-order valence-electron chi connectivity index (χ4n) is 3.11. The van der Waals surface area contributed by atoms with Gasteiger partial charge in [-0.1, -0.05) is 56.3 Å². The van der Waals surface area contributed by atoms with Crippen LogP contribution >= 0.6 is 0 Å². The molecule has 9 heteroatoms. The van der Waals surface area contributed by atoms with Crippen LogP contribution in [0.25, 0.3) is 6.08 Å². The Hall–Kier alpha value is -2.23. The van der Waals surface area contributed by atoms with Crippen LogP contribution in [0.2, 0.25) is 0 Å². The Morgan fingerprint density at radius 3 is 2.28 bits per heavy atom. The number of allylic oxidation sites excluding steroid dienone is 1. The molecule has 0 radical (unpaired) electrons. The molecular weight excluding hydrogens is 430 g/mol. The van der Waals surface area contributed by atoms with Gasteiger partial charge in [0.15, 0.2) is 0 Å². The SMILES string of the molecule is CC(C)C[C@H](C(=O)NNS(=O)(=O)CCN)[C@H](CC=Cc1ccccc1)C(=O)OC(C)(C)C. The lowest BCUT2D eigenvalue weighted by Crippen LogP contribution is -2.49. The van der Waals surface area contributed by atoms with E-state index in [4.69, 9.17) is 10.5 Å². The van der Waals surface area contributed by atoms with Crippen LogP contribution in [0.4, 0.5) is 0 Å². The molecule has 0 aliphatic heterocycles. The second-order valence-corrected chi connectivity index (χ2v) is 11.0. The number of ether oxygens (including phenoxy) is 1. The summed E-state index contributed by atoms with van der Waals surface area (Å²) in [6.07, 6.45) is 4.37. The number of benzene rings is 1. The van der Waals surface area contributed by atoms with Gasteiger partial charge in [0.2, 0.25) is 15.9 Å². The smallest absolute Gasteiger partial charge is 0.310 e. The molecule has 0 fully saturated rings. The monoisotopic (exact) mass is 467 g/mol. The Morgan fingerprint density at radius 1 is 1.12 bits per heavy atom. The lowest BCUT2D eigenvalue weighted by Gasteiger charge is -2.29. The maximum atomic E-state index is 13.0. The van der Waals surface area contributed by atoms with Gasteiger partial charge in [-0.15, -0.1) is 4.83 Å². The number of hydrogen-bond donors (Lipinski definition) is 3. The number of nitrogens with one attached hydrogen (secondary N) is 2. The van der Waals surface area contributed by atoms with Crippen LogP contribution in [0, 0.1) is 17.8 Å². The Bertz CT molecular complexity index is 861. The van der Waals surface area contributed by atoms with Crippen LogP contribution in [-0.4, -0.2) is 38.2 Å². The Labute approximate surface area is 192 Å². The van der Waals surface area contributed by atoms with Gasteiger partial charge in [-0.2, -0.15) is 0 Å². The molecule has 0 spiro atoms. The number of esters is 1. The predicted octanol–water partition coefficient (Wildman–Crippen LogP) is 2.62. The molecule has 0 bridgehead atoms. The van der Waals surface area contributed by atoms with Crippen molar-refractivity contribution >= 4 is 28.0 Å². The highest BCUT2D eigenvalue weighted by Gasteiger charge is 2.36. The van der Waals surface area contributed by atoms with Gasteiger partial charge < -0.3 is 10.5 Å². The number of amides is 1. The second kappa shape index (κ2) is 12.7. The number of nitrogens with two attached hydrogens (primary N) is 1. The van der Waals surface area contributed by atoms with Crippen LogP contribution in [0.3, 0.4) is 0 Å². The molecule has 1 amide bonds.